The predicted octanol–water partition coefficient (Wildman–Crippen LogP) is 1.10. The number of hydrogen-bond donors (Lipinski definition) is 2. The topological polar surface area (TPSA) is 65.5 Å². The van der Waals surface area contributed by atoms with E-state index < -0.39 is 6.10 Å². The third-order valence-electron chi connectivity index (χ3n) is 3.82. The van der Waals surface area contributed by atoms with Crippen molar-refractivity contribution in [3.8, 4) is 0 Å². The van der Waals surface area contributed by atoms with E-state index in [1.807, 2.05) is 19.1 Å². The molecule has 2 rings (SSSR count). The first-order valence-corrected chi connectivity index (χ1v) is 6.57. The molecule has 0 saturated carbocycles. The lowest BCUT2D eigenvalue weighted by Crippen LogP contribution is -2.39. The highest BCUT2D eigenvalue weighted by Crippen LogP contribution is 2.33. The molecule has 0 radical (unpaired) electrons. The van der Waals surface area contributed by atoms with Gasteiger partial charge in [-0.1, -0.05) is 0 Å². The molecule has 0 spiro atoms. The summed E-state index contributed by atoms with van der Waals surface area (Å²) >= 11 is 0. The van der Waals surface area contributed by atoms with Crippen molar-refractivity contribution in [3.63, 3.8) is 0 Å². The first-order chi connectivity index (χ1) is 8.96. The van der Waals surface area contributed by atoms with E-state index in [0.29, 0.717) is 6.54 Å². The molecular weight excluding hydrogens is 242 g/mol. The zero-order valence-electron chi connectivity index (χ0n) is 11.7. The molecule has 1 aromatic heterocycles. The Balaban J connectivity index is 2.17. The summed E-state index contributed by atoms with van der Waals surface area (Å²) < 4.78 is 0. The number of aliphatic hydroxyl groups is 1. The standard InChI is InChI=1S/C14H21N3O2/c1-10(18)11-4-6-16-12(8-11)17-7-5-14(2,9-17)13(19)15-3/h4,6,8,10,18H,5,7,9H2,1-3H3,(H,15,19)/t10-,14?/m1/s1. The largest absolute Gasteiger partial charge is 0.389 e. The first-order valence-electron chi connectivity index (χ1n) is 6.57. The number of carbonyl (C=O) groups excluding carboxylic acids is 1. The van der Waals surface area contributed by atoms with Gasteiger partial charge in [-0.2, -0.15) is 0 Å². The van der Waals surface area contributed by atoms with Crippen LogP contribution in [0, 0.1) is 5.41 Å². The lowest BCUT2D eigenvalue weighted by molar-refractivity contribution is -0.128. The SMILES string of the molecule is CNC(=O)C1(C)CCN(c2cc([C@@H](C)O)ccn2)C1. The van der Waals surface area contributed by atoms with Gasteiger partial charge in [-0.15, -0.1) is 0 Å². The van der Waals surface area contributed by atoms with Crippen LogP contribution in [0.1, 0.15) is 31.9 Å². The lowest BCUT2D eigenvalue weighted by Gasteiger charge is -2.23. The summed E-state index contributed by atoms with van der Waals surface area (Å²) in [6.07, 6.45) is 2.01. The van der Waals surface area contributed by atoms with Crippen LogP contribution in [0.5, 0.6) is 0 Å². The van der Waals surface area contributed by atoms with Gasteiger partial charge in [0, 0.05) is 26.3 Å². The van der Waals surface area contributed by atoms with E-state index in [2.05, 4.69) is 15.2 Å². The van der Waals surface area contributed by atoms with Crippen LogP contribution in [-0.4, -0.2) is 36.1 Å². The van der Waals surface area contributed by atoms with Gasteiger partial charge in [0.1, 0.15) is 5.82 Å². The van der Waals surface area contributed by atoms with Crippen molar-refractivity contribution < 1.29 is 9.90 Å². The summed E-state index contributed by atoms with van der Waals surface area (Å²) in [4.78, 5) is 18.3. The van der Waals surface area contributed by atoms with E-state index in [-0.39, 0.29) is 11.3 Å². The molecule has 2 heterocycles. The second-order valence-corrected chi connectivity index (χ2v) is 5.43. The first kappa shape index (κ1) is 13.8. The molecule has 0 aromatic carbocycles. The average Bonchev–Trinajstić information content (AvgIpc) is 2.82. The van der Waals surface area contributed by atoms with Gasteiger partial charge in [0.25, 0.3) is 0 Å². The van der Waals surface area contributed by atoms with Crippen LogP contribution in [0.4, 0.5) is 5.82 Å². The summed E-state index contributed by atoms with van der Waals surface area (Å²) in [6.45, 7) is 5.17. The number of carbonyl (C=O) groups is 1. The third kappa shape index (κ3) is 2.71. The molecule has 5 heteroatoms. The van der Waals surface area contributed by atoms with Gasteiger partial charge in [-0.3, -0.25) is 4.79 Å². The van der Waals surface area contributed by atoms with Crippen molar-refractivity contribution >= 4 is 11.7 Å². The summed E-state index contributed by atoms with van der Waals surface area (Å²) in [7, 11) is 1.67. The fraction of sp³-hybridized carbons (Fsp3) is 0.571. The van der Waals surface area contributed by atoms with Crippen LogP contribution in [0.3, 0.4) is 0 Å². The van der Waals surface area contributed by atoms with Crippen LogP contribution < -0.4 is 10.2 Å². The van der Waals surface area contributed by atoms with Crippen molar-refractivity contribution in [2.45, 2.75) is 26.4 Å². The highest BCUT2D eigenvalue weighted by Gasteiger charge is 2.40. The molecule has 104 valence electrons. The van der Waals surface area contributed by atoms with E-state index in [0.717, 1.165) is 24.3 Å². The highest BCUT2D eigenvalue weighted by molar-refractivity contribution is 5.83. The number of pyridine rings is 1. The Kier molecular flexibility index (Phi) is 3.75. The molecule has 1 aromatic rings. The Hall–Kier alpha value is -1.62. The number of amides is 1. The normalized spacial score (nSPS) is 24.3. The molecule has 1 amide bonds. The summed E-state index contributed by atoms with van der Waals surface area (Å²) in [5, 5.41) is 12.3. The molecule has 1 fully saturated rings. The van der Waals surface area contributed by atoms with E-state index in [9.17, 15) is 9.90 Å². The van der Waals surface area contributed by atoms with Gasteiger partial charge in [-0.25, -0.2) is 4.98 Å². The van der Waals surface area contributed by atoms with Crippen molar-refractivity contribution in [3.05, 3.63) is 23.9 Å². The maximum atomic E-state index is 11.9. The maximum Gasteiger partial charge on any atom is 0.227 e. The fourth-order valence-corrected chi connectivity index (χ4v) is 2.51. The molecule has 1 aliphatic heterocycles. The Morgan fingerprint density at radius 2 is 2.37 bits per heavy atom. The molecule has 1 aliphatic rings. The molecule has 5 nitrogen and oxygen atoms in total. The zero-order chi connectivity index (χ0) is 14.0. The van der Waals surface area contributed by atoms with Gasteiger partial charge >= 0.3 is 0 Å². The van der Waals surface area contributed by atoms with Crippen LogP contribution in [0.2, 0.25) is 0 Å². The van der Waals surface area contributed by atoms with Gasteiger partial charge in [-0.05, 0) is 38.0 Å². The second kappa shape index (κ2) is 5.17. The summed E-state index contributed by atoms with van der Waals surface area (Å²) in [5.41, 5.74) is 0.482. The second-order valence-electron chi connectivity index (χ2n) is 5.43. The maximum absolute atomic E-state index is 11.9. The molecule has 0 aliphatic carbocycles. The molecule has 2 N–H and O–H groups in total. The minimum atomic E-state index is -0.505. The number of anilines is 1. The number of hydrogen-bond acceptors (Lipinski definition) is 4. The van der Waals surface area contributed by atoms with E-state index in [4.69, 9.17) is 0 Å². The van der Waals surface area contributed by atoms with E-state index in [1.54, 1.807) is 20.2 Å². The Bertz CT molecular complexity index is 476. The van der Waals surface area contributed by atoms with E-state index in [1.165, 1.54) is 0 Å². The quantitative estimate of drug-likeness (QED) is 0.857. The Labute approximate surface area is 113 Å². The molecule has 1 unspecified atom stereocenters. The van der Waals surface area contributed by atoms with Crippen LogP contribution in [-0.2, 0) is 4.79 Å². The molecule has 19 heavy (non-hydrogen) atoms. The zero-order valence-corrected chi connectivity index (χ0v) is 11.7. The Morgan fingerprint density at radius 3 is 3.00 bits per heavy atom. The smallest absolute Gasteiger partial charge is 0.227 e. The molecule has 2 atom stereocenters. The van der Waals surface area contributed by atoms with Gasteiger partial charge < -0.3 is 15.3 Å². The number of nitrogens with zero attached hydrogens (tertiary/aromatic N) is 2. The monoisotopic (exact) mass is 263 g/mol. The van der Waals surface area contributed by atoms with Gasteiger partial charge in [0.15, 0.2) is 0 Å². The number of aliphatic hydroxyl groups excluding tert-OH is 1. The van der Waals surface area contributed by atoms with Crippen molar-refractivity contribution in [2.75, 3.05) is 25.0 Å². The van der Waals surface area contributed by atoms with Crippen molar-refractivity contribution in [1.29, 1.82) is 0 Å². The van der Waals surface area contributed by atoms with E-state index >= 15 is 0 Å². The Morgan fingerprint density at radius 1 is 1.63 bits per heavy atom. The third-order valence-corrected chi connectivity index (χ3v) is 3.82. The van der Waals surface area contributed by atoms with Crippen molar-refractivity contribution in [2.24, 2.45) is 5.41 Å². The van der Waals surface area contributed by atoms with Crippen LogP contribution in [0.15, 0.2) is 18.3 Å². The minimum absolute atomic E-state index is 0.0710. The van der Waals surface area contributed by atoms with Crippen molar-refractivity contribution in [1.82, 2.24) is 10.3 Å². The van der Waals surface area contributed by atoms with Crippen LogP contribution >= 0.6 is 0 Å². The molecule has 0 bridgehead atoms. The highest BCUT2D eigenvalue weighted by atomic mass is 16.3. The number of nitrogens with one attached hydrogen (secondary N) is 1. The molecule has 1 saturated heterocycles. The average molecular weight is 263 g/mol. The van der Waals surface area contributed by atoms with Gasteiger partial charge in [0.2, 0.25) is 5.91 Å². The summed E-state index contributed by atoms with van der Waals surface area (Å²) in [6, 6.07) is 3.70. The number of rotatable bonds is 3. The summed E-state index contributed by atoms with van der Waals surface area (Å²) in [5.74, 6) is 0.896. The fourth-order valence-electron chi connectivity index (χ4n) is 2.51. The minimum Gasteiger partial charge on any atom is -0.389 e. The molecular formula is C14H21N3O2. The lowest BCUT2D eigenvalue weighted by atomic mass is 9.89. The van der Waals surface area contributed by atoms with Crippen LogP contribution in [0.25, 0.3) is 0 Å². The van der Waals surface area contributed by atoms with Gasteiger partial charge in [0.05, 0.1) is 11.5 Å². The predicted molar refractivity (Wildman–Crippen MR) is 73.9 cm³/mol. The number of aromatic nitrogens is 1.